The molecule has 0 bridgehead atoms. The van der Waals surface area contributed by atoms with Gasteiger partial charge >= 0.3 is 0 Å². The van der Waals surface area contributed by atoms with Crippen LogP contribution in [-0.2, 0) is 13.0 Å². The lowest BCUT2D eigenvalue weighted by atomic mass is 10.1. The van der Waals surface area contributed by atoms with Crippen LogP contribution in [0.3, 0.4) is 0 Å². The Morgan fingerprint density at radius 3 is 3.00 bits per heavy atom. The Kier molecular flexibility index (Phi) is 4.20. The zero-order valence-electron chi connectivity index (χ0n) is 9.90. The Hall–Kier alpha value is -2.01. The number of nitrogens with zero attached hydrogens (tertiary/aromatic N) is 2. The summed E-state index contributed by atoms with van der Waals surface area (Å²) >= 11 is 0. The quantitative estimate of drug-likeness (QED) is 0.627. The van der Waals surface area contributed by atoms with Gasteiger partial charge in [-0.3, -0.25) is 0 Å². The summed E-state index contributed by atoms with van der Waals surface area (Å²) in [4.78, 5) is 4.18. The zero-order valence-corrected chi connectivity index (χ0v) is 9.90. The van der Waals surface area contributed by atoms with Crippen LogP contribution in [0.5, 0.6) is 0 Å². The second kappa shape index (κ2) is 6.07. The highest BCUT2D eigenvalue weighted by Gasteiger charge is 2.09. The molecule has 94 valence electrons. The van der Waals surface area contributed by atoms with Crippen LogP contribution in [0.2, 0.25) is 0 Å². The summed E-state index contributed by atoms with van der Waals surface area (Å²) < 4.78 is 18.5. The number of halogens is 1. The minimum Gasteiger partial charge on any atom is -0.338 e. The van der Waals surface area contributed by atoms with Gasteiger partial charge in [0.2, 0.25) is 5.89 Å². The standard InChI is InChI=1S/C13H14FN3O/c1-2-7-15-9-13-16-12(17-18-13)8-10-5-3-4-6-11(10)14/h2-6,15H,1,7-9H2. The number of benzene rings is 1. The molecule has 1 aromatic heterocycles. The van der Waals surface area contributed by atoms with Crippen molar-refractivity contribution in [2.24, 2.45) is 0 Å². The smallest absolute Gasteiger partial charge is 0.240 e. The predicted molar refractivity (Wildman–Crippen MR) is 65.4 cm³/mol. The molecular formula is C13H14FN3O. The van der Waals surface area contributed by atoms with Gasteiger partial charge in [0.25, 0.3) is 0 Å². The van der Waals surface area contributed by atoms with E-state index in [0.717, 1.165) is 0 Å². The fourth-order valence-electron chi connectivity index (χ4n) is 1.53. The molecule has 0 spiro atoms. The lowest BCUT2D eigenvalue weighted by molar-refractivity contribution is 0.365. The molecule has 2 aromatic rings. The van der Waals surface area contributed by atoms with Gasteiger partial charge in [-0.15, -0.1) is 6.58 Å². The van der Waals surface area contributed by atoms with Gasteiger partial charge in [-0.2, -0.15) is 4.98 Å². The lowest BCUT2D eigenvalue weighted by Crippen LogP contribution is -2.12. The van der Waals surface area contributed by atoms with Crippen molar-refractivity contribution < 1.29 is 8.91 Å². The summed E-state index contributed by atoms with van der Waals surface area (Å²) in [5, 5.41) is 6.86. The molecule has 1 N–H and O–H groups in total. The van der Waals surface area contributed by atoms with E-state index in [0.29, 0.717) is 36.8 Å². The molecule has 5 heteroatoms. The van der Waals surface area contributed by atoms with Gasteiger partial charge in [0.15, 0.2) is 5.82 Å². The van der Waals surface area contributed by atoms with Crippen LogP contribution in [0.25, 0.3) is 0 Å². The van der Waals surface area contributed by atoms with E-state index in [2.05, 4.69) is 22.0 Å². The maximum atomic E-state index is 13.4. The summed E-state index contributed by atoms with van der Waals surface area (Å²) in [6.45, 7) is 4.75. The number of nitrogens with one attached hydrogen (secondary N) is 1. The van der Waals surface area contributed by atoms with Gasteiger partial charge in [-0.25, -0.2) is 4.39 Å². The monoisotopic (exact) mass is 247 g/mol. The summed E-state index contributed by atoms with van der Waals surface area (Å²) in [5.74, 6) is 0.715. The van der Waals surface area contributed by atoms with E-state index in [4.69, 9.17) is 4.52 Å². The molecule has 4 nitrogen and oxygen atoms in total. The van der Waals surface area contributed by atoms with E-state index in [-0.39, 0.29) is 5.82 Å². The predicted octanol–water partition coefficient (Wildman–Crippen LogP) is 2.08. The summed E-state index contributed by atoms with van der Waals surface area (Å²) in [6.07, 6.45) is 2.08. The number of rotatable bonds is 6. The Labute approximate surface area is 105 Å². The van der Waals surface area contributed by atoms with Crippen molar-refractivity contribution in [1.82, 2.24) is 15.5 Å². The average Bonchev–Trinajstić information content (AvgIpc) is 2.80. The average molecular weight is 247 g/mol. The van der Waals surface area contributed by atoms with Crippen LogP contribution < -0.4 is 5.32 Å². The highest BCUT2D eigenvalue weighted by molar-refractivity contribution is 5.20. The third kappa shape index (κ3) is 3.24. The van der Waals surface area contributed by atoms with Gasteiger partial charge in [-0.05, 0) is 11.6 Å². The van der Waals surface area contributed by atoms with Crippen molar-refractivity contribution in [3.63, 3.8) is 0 Å². The molecular weight excluding hydrogens is 233 g/mol. The van der Waals surface area contributed by atoms with Crippen LogP contribution in [0.15, 0.2) is 41.4 Å². The van der Waals surface area contributed by atoms with Crippen LogP contribution in [0.4, 0.5) is 4.39 Å². The molecule has 0 atom stereocenters. The topological polar surface area (TPSA) is 51.0 Å². The fourth-order valence-corrected chi connectivity index (χ4v) is 1.53. The molecule has 0 aliphatic carbocycles. The number of aromatic nitrogens is 2. The maximum absolute atomic E-state index is 13.4. The fraction of sp³-hybridized carbons (Fsp3) is 0.231. The third-order valence-corrected chi connectivity index (χ3v) is 2.38. The molecule has 2 rings (SSSR count). The van der Waals surface area contributed by atoms with Gasteiger partial charge in [0.05, 0.1) is 6.54 Å². The molecule has 0 amide bonds. The molecule has 1 heterocycles. The second-order valence-electron chi connectivity index (χ2n) is 3.79. The molecule has 0 radical (unpaired) electrons. The molecule has 1 aromatic carbocycles. The Morgan fingerprint density at radius 2 is 2.22 bits per heavy atom. The van der Waals surface area contributed by atoms with Crippen molar-refractivity contribution in [1.29, 1.82) is 0 Å². The zero-order chi connectivity index (χ0) is 12.8. The Bertz CT molecular complexity index is 524. The molecule has 0 saturated heterocycles. The van der Waals surface area contributed by atoms with E-state index in [9.17, 15) is 4.39 Å². The molecule has 18 heavy (non-hydrogen) atoms. The normalized spacial score (nSPS) is 10.5. The molecule has 0 saturated carbocycles. The van der Waals surface area contributed by atoms with Crippen LogP contribution in [0.1, 0.15) is 17.3 Å². The minimum atomic E-state index is -0.256. The molecule has 0 fully saturated rings. The lowest BCUT2D eigenvalue weighted by Gasteiger charge is -1.97. The van der Waals surface area contributed by atoms with Gasteiger partial charge in [0.1, 0.15) is 5.82 Å². The molecule has 0 aliphatic rings. The maximum Gasteiger partial charge on any atom is 0.240 e. The van der Waals surface area contributed by atoms with Crippen LogP contribution in [0, 0.1) is 5.82 Å². The van der Waals surface area contributed by atoms with Gasteiger partial charge < -0.3 is 9.84 Å². The first-order valence-corrected chi connectivity index (χ1v) is 5.66. The van der Waals surface area contributed by atoms with Crippen molar-refractivity contribution in [2.45, 2.75) is 13.0 Å². The van der Waals surface area contributed by atoms with E-state index >= 15 is 0 Å². The number of hydrogen-bond donors (Lipinski definition) is 1. The first-order valence-electron chi connectivity index (χ1n) is 5.66. The van der Waals surface area contributed by atoms with Crippen molar-refractivity contribution in [3.05, 3.63) is 60.0 Å². The van der Waals surface area contributed by atoms with Crippen molar-refractivity contribution in [2.75, 3.05) is 6.54 Å². The van der Waals surface area contributed by atoms with Crippen molar-refractivity contribution in [3.8, 4) is 0 Å². The summed E-state index contributed by atoms with van der Waals surface area (Å²) in [6, 6.07) is 6.56. The third-order valence-electron chi connectivity index (χ3n) is 2.38. The molecule has 0 unspecified atom stereocenters. The second-order valence-corrected chi connectivity index (χ2v) is 3.79. The number of hydrogen-bond acceptors (Lipinski definition) is 4. The van der Waals surface area contributed by atoms with E-state index in [1.165, 1.54) is 6.07 Å². The molecule has 0 aliphatic heterocycles. The van der Waals surface area contributed by atoms with E-state index < -0.39 is 0 Å². The highest BCUT2D eigenvalue weighted by atomic mass is 19.1. The SMILES string of the molecule is C=CCNCc1nc(Cc2ccccc2F)no1. The van der Waals surface area contributed by atoms with Gasteiger partial charge in [-0.1, -0.05) is 29.4 Å². The van der Waals surface area contributed by atoms with Crippen molar-refractivity contribution >= 4 is 0 Å². The highest BCUT2D eigenvalue weighted by Crippen LogP contribution is 2.10. The Balaban J connectivity index is 1.98. The summed E-state index contributed by atoms with van der Waals surface area (Å²) in [5.41, 5.74) is 0.559. The van der Waals surface area contributed by atoms with Crippen LogP contribution in [-0.4, -0.2) is 16.7 Å². The first-order chi connectivity index (χ1) is 8.79. The largest absolute Gasteiger partial charge is 0.338 e. The minimum absolute atomic E-state index is 0.256. The Morgan fingerprint density at radius 1 is 1.39 bits per heavy atom. The van der Waals surface area contributed by atoms with Crippen LogP contribution >= 0.6 is 0 Å². The van der Waals surface area contributed by atoms with E-state index in [1.54, 1.807) is 24.3 Å². The first kappa shape index (κ1) is 12.4. The summed E-state index contributed by atoms with van der Waals surface area (Å²) in [7, 11) is 0. The van der Waals surface area contributed by atoms with Gasteiger partial charge in [0, 0.05) is 13.0 Å². The van der Waals surface area contributed by atoms with E-state index in [1.807, 2.05) is 0 Å².